The zero-order chi connectivity index (χ0) is 16.4. The Kier molecular flexibility index (Phi) is 4.52. The molecular weight excluding hydrogens is 318 g/mol. The number of rotatable bonds is 3. The van der Waals surface area contributed by atoms with Crippen molar-refractivity contribution >= 4 is 29.4 Å². The molecule has 1 aromatic carbocycles. The highest BCUT2D eigenvalue weighted by Gasteiger charge is 2.37. The van der Waals surface area contributed by atoms with Gasteiger partial charge in [-0.25, -0.2) is 4.79 Å². The van der Waals surface area contributed by atoms with Crippen molar-refractivity contribution in [2.45, 2.75) is 25.3 Å². The minimum Gasteiger partial charge on any atom is -0.342 e. The van der Waals surface area contributed by atoms with E-state index in [0.29, 0.717) is 31.0 Å². The third kappa shape index (κ3) is 3.32. The van der Waals surface area contributed by atoms with Crippen LogP contribution >= 0.6 is 11.6 Å². The second-order valence-electron chi connectivity index (χ2n) is 5.80. The Labute approximate surface area is 139 Å². The first-order valence-corrected chi connectivity index (χ1v) is 8.05. The number of halogens is 1. The Balaban J connectivity index is 1.56. The summed E-state index contributed by atoms with van der Waals surface area (Å²) < 4.78 is 0. The van der Waals surface area contributed by atoms with Crippen molar-refractivity contribution in [1.82, 2.24) is 15.1 Å². The molecule has 23 heavy (non-hydrogen) atoms. The van der Waals surface area contributed by atoms with Gasteiger partial charge in [-0.15, -0.1) is 0 Å². The van der Waals surface area contributed by atoms with Crippen LogP contribution in [0.3, 0.4) is 0 Å². The molecule has 2 heterocycles. The van der Waals surface area contributed by atoms with Gasteiger partial charge in [0.25, 0.3) is 0 Å². The van der Waals surface area contributed by atoms with Crippen LogP contribution in [0.2, 0.25) is 5.02 Å². The first-order valence-electron chi connectivity index (χ1n) is 7.67. The molecule has 2 aliphatic rings. The molecule has 6 nitrogen and oxygen atoms in total. The van der Waals surface area contributed by atoms with Gasteiger partial charge in [-0.05, 0) is 24.5 Å². The number of imide groups is 1. The number of benzene rings is 1. The molecule has 0 aromatic heterocycles. The molecule has 2 fully saturated rings. The monoisotopic (exact) mass is 335 g/mol. The molecule has 0 spiro atoms. The number of likely N-dealkylation sites (tertiary alicyclic amines) is 1. The summed E-state index contributed by atoms with van der Waals surface area (Å²) in [6.07, 6.45) is 1.51. The third-order valence-electron chi connectivity index (χ3n) is 4.36. The van der Waals surface area contributed by atoms with Crippen LogP contribution in [0, 0.1) is 0 Å². The average molecular weight is 336 g/mol. The lowest BCUT2D eigenvalue weighted by Gasteiger charge is -2.35. The van der Waals surface area contributed by atoms with Gasteiger partial charge in [-0.3, -0.25) is 14.5 Å². The van der Waals surface area contributed by atoms with Gasteiger partial charge in [0.1, 0.15) is 0 Å². The summed E-state index contributed by atoms with van der Waals surface area (Å²) in [7, 11) is 0. The van der Waals surface area contributed by atoms with Gasteiger partial charge < -0.3 is 10.2 Å². The smallest absolute Gasteiger partial charge is 0.324 e. The van der Waals surface area contributed by atoms with E-state index in [1.807, 2.05) is 18.2 Å². The average Bonchev–Trinajstić information content (AvgIpc) is 2.88. The third-order valence-corrected chi connectivity index (χ3v) is 4.73. The molecule has 1 aromatic rings. The molecule has 1 N–H and O–H groups in total. The molecule has 2 aliphatic heterocycles. The van der Waals surface area contributed by atoms with E-state index in [1.54, 1.807) is 11.0 Å². The lowest BCUT2D eigenvalue weighted by Crippen LogP contribution is -2.49. The van der Waals surface area contributed by atoms with Crippen molar-refractivity contribution in [2.24, 2.45) is 0 Å². The van der Waals surface area contributed by atoms with Crippen LogP contribution in [0.5, 0.6) is 0 Å². The fourth-order valence-electron chi connectivity index (χ4n) is 3.09. The molecule has 0 saturated carbocycles. The van der Waals surface area contributed by atoms with Gasteiger partial charge >= 0.3 is 6.03 Å². The number of carbonyl (C=O) groups is 3. The van der Waals surface area contributed by atoms with E-state index in [2.05, 4.69) is 5.32 Å². The standard InChI is InChI=1S/C16H18ClN3O3/c17-13-4-2-1-3-11(13)9-14(21)19-7-5-12(6-8-19)20-15(22)10-18-16(20)23/h1-4,12H,5-10H2,(H,18,23). The number of piperidine rings is 1. The molecule has 122 valence electrons. The van der Waals surface area contributed by atoms with Crippen LogP contribution in [-0.2, 0) is 16.0 Å². The second-order valence-corrected chi connectivity index (χ2v) is 6.21. The highest BCUT2D eigenvalue weighted by atomic mass is 35.5. The van der Waals surface area contributed by atoms with Crippen molar-refractivity contribution in [3.8, 4) is 0 Å². The zero-order valence-corrected chi connectivity index (χ0v) is 13.4. The molecule has 0 aliphatic carbocycles. The number of nitrogens with zero attached hydrogens (tertiary/aromatic N) is 2. The van der Waals surface area contributed by atoms with Crippen LogP contribution in [0.25, 0.3) is 0 Å². The van der Waals surface area contributed by atoms with E-state index in [1.165, 1.54) is 4.90 Å². The van der Waals surface area contributed by atoms with E-state index >= 15 is 0 Å². The van der Waals surface area contributed by atoms with Gasteiger partial charge in [-0.2, -0.15) is 0 Å². The molecule has 0 radical (unpaired) electrons. The lowest BCUT2D eigenvalue weighted by molar-refractivity contribution is -0.132. The number of carbonyl (C=O) groups excluding carboxylic acids is 3. The molecule has 7 heteroatoms. The summed E-state index contributed by atoms with van der Waals surface area (Å²) in [6.45, 7) is 1.17. The molecule has 2 saturated heterocycles. The second kappa shape index (κ2) is 6.58. The summed E-state index contributed by atoms with van der Waals surface area (Å²) in [5.74, 6) is -0.162. The zero-order valence-electron chi connectivity index (χ0n) is 12.6. The number of amides is 4. The lowest BCUT2D eigenvalue weighted by atomic mass is 10.0. The summed E-state index contributed by atoms with van der Waals surface area (Å²) in [5, 5.41) is 3.12. The van der Waals surface area contributed by atoms with E-state index in [4.69, 9.17) is 11.6 Å². The van der Waals surface area contributed by atoms with Crippen LogP contribution in [-0.4, -0.2) is 53.3 Å². The van der Waals surface area contributed by atoms with Crippen molar-refractivity contribution < 1.29 is 14.4 Å². The van der Waals surface area contributed by atoms with Crippen molar-refractivity contribution in [3.05, 3.63) is 34.9 Å². The first-order chi connectivity index (χ1) is 11.1. The largest absolute Gasteiger partial charge is 0.342 e. The molecule has 4 amide bonds. The number of nitrogens with one attached hydrogen (secondary N) is 1. The maximum absolute atomic E-state index is 12.4. The highest BCUT2D eigenvalue weighted by Crippen LogP contribution is 2.21. The maximum Gasteiger partial charge on any atom is 0.324 e. The highest BCUT2D eigenvalue weighted by molar-refractivity contribution is 6.31. The number of hydrogen-bond acceptors (Lipinski definition) is 3. The van der Waals surface area contributed by atoms with Crippen LogP contribution in [0.4, 0.5) is 4.79 Å². The fourth-order valence-corrected chi connectivity index (χ4v) is 3.30. The first kappa shape index (κ1) is 15.8. The summed E-state index contributed by atoms with van der Waals surface area (Å²) in [5.41, 5.74) is 0.815. The fraction of sp³-hybridized carbons (Fsp3) is 0.438. The quantitative estimate of drug-likeness (QED) is 0.849. The number of urea groups is 1. The molecular formula is C16H18ClN3O3. The minimum absolute atomic E-state index is 0.0220. The van der Waals surface area contributed by atoms with Gasteiger partial charge in [-0.1, -0.05) is 29.8 Å². The SMILES string of the molecule is O=C(Cc1ccccc1Cl)N1CCC(N2C(=O)CNC2=O)CC1. The summed E-state index contributed by atoms with van der Waals surface area (Å²) >= 11 is 6.09. The van der Waals surface area contributed by atoms with Crippen LogP contribution in [0.1, 0.15) is 18.4 Å². The normalized spacial score (nSPS) is 19.2. The van der Waals surface area contributed by atoms with Crippen molar-refractivity contribution in [1.29, 1.82) is 0 Å². The van der Waals surface area contributed by atoms with E-state index in [0.717, 1.165) is 5.56 Å². The molecule has 0 unspecified atom stereocenters. The molecule has 0 atom stereocenters. The summed E-state index contributed by atoms with van der Waals surface area (Å²) in [4.78, 5) is 38.9. The Morgan fingerprint density at radius 1 is 1.22 bits per heavy atom. The van der Waals surface area contributed by atoms with Gasteiger partial charge in [0, 0.05) is 24.2 Å². The summed E-state index contributed by atoms with van der Waals surface area (Å²) in [6, 6.07) is 6.87. The number of hydrogen-bond donors (Lipinski definition) is 1. The van der Waals surface area contributed by atoms with Crippen molar-refractivity contribution in [2.75, 3.05) is 19.6 Å². The van der Waals surface area contributed by atoms with E-state index in [-0.39, 0.29) is 36.9 Å². The van der Waals surface area contributed by atoms with Crippen LogP contribution in [0.15, 0.2) is 24.3 Å². The van der Waals surface area contributed by atoms with Gasteiger partial charge in [0.15, 0.2) is 0 Å². The van der Waals surface area contributed by atoms with E-state index < -0.39 is 0 Å². The van der Waals surface area contributed by atoms with Crippen LogP contribution < -0.4 is 5.32 Å². The molecule has 0 bridgehead atoms. The van der Waals surface area contributed by atoms with E-state index in [9.17, 15) is 14.4 Å². The Morgan fingerprint density at radius 3 is 2.52 bits per heavy atom. The molecule has 3 rings (SSSR count). The Hall–Kier alpha value is -2.08. The van der Waals surface area contributed by atoms with Crippen molar-refractivity contribution in [3.63, 3.8) is 0 Å². The maximum atomic E-state index is 12.4. The Bertz CT molecular complexity index is 625. The van der Waals surface area contributed by atoms with Gasteiger partial charge in [0.05, 0.1) is 13.0 Å². The topological polar surface area (TPSA) is 69.7 Å². The minimum atomic E-state index is -0.323. The Morgan fingerprint density at radius 2 is 1.91 bits per heavy atom. The predicted molar refractivity (Wildman–Crippen MR) is 85.0 cm³/mol. The van der Waals surface area contributed by atoms with Gasteiger partial charge in [0.2, 0.25) is 11.8 Å². The predicted octanol–water partition coefficient (Wildman–Crippen LogP) is 1.43.